The van der Waals surface area contributed by atoms with Gasteiger partial charge >= 0.3 is 45.6 Å². The van der Waals surface area contributed by atoms with E-state index in [-0.39, 0.29) is 14.7 Å². The zero-order valence-electron chi connectivity index (χ0n) is 2.76. The molecule has 2 nitrogen and oxygen atoms in total. The topological polar surface area (TPSA) is 25.8 Å². The molecule has 0 fully saturated rings. The first-order valence-corrected chi connectivity index (χ1v) is 3.45. The summed E-state index contributed by atoms with van der Waals surface area (Å²) in [5.41, 5.74) is 0. The van der Waals surface area contributed by atoms with Crippen molar-refractivity contribution in [1.82, 2.24) is 9.19 Å². The third kappa shape index (κ3) is 0.805. The average molecular weight is 167 g/mol. The first-order chi connectivity index (χ1) is 2.89. The number of hydrogen-bond acceptors (Lipinski definition) is 2. The van der Waals surface area contributed by atoms with Crippen LogP contribution in [0.4, 0.5) is 0 Å². The molecular weight excluding hydrogens is 166 g/mol. The number of hydrogen-bond donors (Lipinski definition) is 0. The molecule has 0 amide bonds. The van der Waals surface area contributed by atoms with E-state index in [1.165, 1.54) is 0 Å². The summed E-state index contributed by atoms with van der Waals surface area (Å²) >= 11 is 5.53. The van der Waals surface area contributed by atoms with Gasteiger partial charge in [0.25, 0.3) is 0 Å². The maximum absolute atomic E-state index is 5.33. The van der Waals surface area contributed by atoms with Gasteiger partial charge in [0.2, 0.25) is 0 Å². The molecule has 0 spiro atoms. The molecule has 0 saturated heterocycles. The van der Waals surface area contributed by atoms with Crippen molar-refractivity contribution in [2.75, 3.05) is 0 Å². The van der Waals surface area contributed by atoms with Crippen LogP contribution in [0.5, 0.6) is 0 Å². The summed E-state index contributed by atoms with van der Waals surface area (Å²) in [6, 6.07) is 0. The van der Waals surface area contributed by atoms with E-state index in [4.69, 9.17) is 11.6 Å². The van der Waals surface area contributed by atoms with Gasteiger partial charge in [-0.05, 0) is 0 Å². The SMILES string of the molecule is Clc1c[se]nn1. The third-order valence-electron chi connectivity index (χ3n) is 0.333. The quantitative estimate of drug-likeness (QED) is 0.516. The molecule has 0 saturated carbocycles. The Labute approximate surface area is 46.1 Å². The molecule has 0 bridgehead atoms. The van der Waals surface area contributed by atoms with Crippen molar-refractivity contribution in [3.05, 3.63) is 10.1 Å². The Morgan fingerprint density at radius 3 is 2.83 bits per heavy atom. The average Bonchev–Trinajstić information content (AvgIpc) is 1.86. The van der Waals surface area contributed by atoms with Crippen LogP contribution in [0.15, 0.2) is 4.94 Å². The Kier molecular flexibility index (Phi) is 1.25. The van der Waals surface area contributed by atoms with E-state index in [9.17, 15) is 0 Å². The third-order valence-corrected chi connectivity index (χ3v) is 1.87. The molecule has 1 aromatic heterocycles. The molecule has 0 unspecified atom stereocenters. The van der Waals surface area contributed by atoms with Gasteiger partial charge in [-0.2, -0.15) is 0 Å². The molecule has 0 N–H and O–H groups in total. The van der Waals surface area contributed by atoms with Crippen molar-refractivity contribution < 1.29 is 0 Å². The van der Waals surface area contributed by atoms with Gasteiger partial charge in [0.15, 0.2) is 0 Å². The van der Waals surface area contributed by atoms with Crippen LogP contribution in [0.1, 0.15) is 0 Å². The molecule has 1 aromatic rings. The van der Waals surface area contributed by atoms with Crippen LogP contribution in [-0.2, 0) is 0 Å². The summed E-state index contributed by atoms with van der Waals surface area (Å²) in [5.74, 6) is 0. The van der Waals surface area contributed by atoms with E-state index in [0.717, 1.165) is 0 Å². The van der Waals surface area contributed by atoms with Crippen molar-refractivity contribution in [3.8, 4) is 0 Å². The van der Waals surface area contributed by atoms with Crippen LogP contribution in [0, 0.1) is 0 Å². The first-order valence-electron chi connectivity index (χ1n) is 1.32. The minimum absolute atomic E-state index is 0.205. The van der Waals surface area contributed by atoms with E-state index < -0.39 is 0 Å². The van der Waals surface area contributed by atoms with Gasteiger partial charge in [-0.25, -0.2) is 0 Å². The van der Waals surface area contributed by atoms with Crippen molar-refractivity contribution >= 4 is 26.3 Å². The van der Waals surface area contributed by atoms with Crippen molar-refractivity contribution in [2.24, 2.45) is 0 Å². The molecule has 0 atom stereocenters. The molecule has 4 heteroatoms. The fourth-order valence-electron chi connectivity index (χ4n) is 0.153. The molecule has 0 radical (unpaired) electrons. The van der Waals surface area contributed by atoms with Crippen molar-refractivity contribution in [2.45, 2.75) is 0 Å². The predicted molar refractivity (Wildman–Crippen MR) is 24.0 cm³/mol. The number of nitrogens with zero attached hydrogens (tertiary/aromatic N) is 2. The van der Waals surface area contributed by atoms with Gasteiger partial charge in [0.1, 0.15) is 0 Å². The standard InChI is InChI=1S/C2HClN2Se/c3-2-1-6-5-4-2/h1H. The molecular formula is C2HClN2Se. The number of halogens is 1. The Morgan fingerprint density at radius 2 is 2.67 bits per heavy atom. The second kappa shape index (κ2) is 1.73. The molecule has 6 heavy (non-hydrogen) atoms. The summed E-state index contributed by atoms with van der Waals surface area (Å²) in [6.45, 7) is 0. The van der Waals surface area contributed by atoms with E-state index in [2.05, 4.69) is 9.19 Å². The maximum atomic E-state index is 5.33. The van der Waals surface area contributed by atoms with Gasteiger partial charge in [-0.3, -0.25) is 0 Å². The van der Waals surface area contributed by atoms with E-state index in [1.54, 1.807) is 0 Å². The molecule has 32 valence electrons. The van der Waals surface area contributed by atoms with Gasteiger partial charge in [0, 0.05) is 0 Å². The fraction of sp³-hybridized carbons (Fsp3) is 0. The zero-order valence-corrected chi connectivity index (χ0v) is 5.23. The van der Waals surface area contributed by atoms with Crippen LogP contribution in [0.3, 0.4) is 0 Å². The minimum atomic E-state index is 0.205. The molecule has 0 aliphatic heterocycles. The monoisotopic (exact) mass is 168 g/mol. The van der Waals surface area contributed by atoms with Crippen LogP contribution >= 0.6 is 11.6 Å². The van der Waals surface area contributed by atoms with Crippen LogP contribution in [0.25, 0.3) is 0 Å². The molecule has 0 aliphatic carbocycles. The van der Waals surface area contributed by atoms with Crippen molar-refractivity contribution in [1.29, 1.82) is 0 Å². The van der Waals surface area contributed by atoms with Crippen LogP contribution < -0.4 is 0 Å². The molecule has 1 rings (SSSR count). The zero-order chi connectivity index (χ0) is 4.41. The Hall–Kier alpha value is 0.149. The van der Waals surface area contributed by atoms with E-state index in [1.807, 2.05) is 4.94 Å². The molecule has 0 aliphatic rings. The molecule has 1 heterocycles. The number of aromatic nitrogens is 2. The normalized spacial score (nSPS) is 8.83. The van der Waals surface area contributed by atoms with Crippen molar-refractivity contribution in [3.63, 3.8) is 0 Å². The summed E-state index contributed by atoms with van der Waals surface area (Å²) in [4.78, 5) is 1.81. The summed E-state index contributed by atoms with van der Waals surface area (Å²) in [6.07, 6.45) is 0. The predicted octanol–water partition coefficient (Wildman–Crippen LogP) is 0.187. The summed E-state index contributed by atoms with van der Waals surface area (Å²) < 4.78 is 3.63. The summed E-state index contributed by atoms with van der Waals surface area (Å²) in [5, 5.41) is 4.05. The van der Waals surface area contributed by atoms with Crippen LogP contribution in [0.2, 0.25) is 5.15 Å². The van der Waals surface area contributed by atoms with Gasteiger partial charge in [-0.1, -0.05) is 0 Å². The second-order valence-electron chi connectivity index (χ2n) is 0.728. The Bertz CT molecular complexity index is 115. The fourth-order valence-corrected chi connectivity index (χ4v) is 1.16. The second-order valence-corrected chi connectivity index (χ2v) is 2.39. The van der Waals surface area contributed by atoms with Gasteiger partial charge < -0.3 is 0 Å². The Morgan fingerprint density at radius 1 is 1.83 bits per heavy atom. The Balaban J connectivity index is 3.05. The van der Waals surface area contributed by atoms with Gasteiger partial charge in [0.05, 0.1) is 0 Å². The first kappa shape index (κ1) is 4.31. The van der Waals surface area contributed by atoms with E-state index in [0.29, 0.717) is 5.15 Å². The van der Waals surface area contributed by atoms with E-state index >= 15 is 0 Å². The summed E-state index contributed by atoms with van der Waals surface area (Å²) in [7, 11) is 0. The van der Waals surface area contributed by atoms with Crippen LogP contribution in [-0.4, -0.2) is 23.9 Å². The van der Waals surface area contributed by atoms with Gasteiger partial charge in [-0.15, -0.1) is 0 Å². The number of rotatable bonds is 0. The molecule has 0 aromatic carbocycles.